The molecule has 4 nitrogen and oxygen atoms in total. The van der Waals surface area contributed by atoms with E-state index in [9.17, 15) is 14.0 Å². The van der Waals surface area contributed by atoms with Gasteiger partial charge >= 0.3 is 0 Å². The molecule has 0 spiro atoms. The predicted octanol–water partition coefficient (Wildman–Crippen LogP) is 4.29. The van der Waals surface area contributed by atoms with Crippen LogP contribution in [-0.2, 0) is 10.2 Å². The van der Waals surface area contributed by atoms with E-state index in [-0.39, 0.29) is 29.0 Å². The maximum atomic E-state index is 13.2. The van der Waals surface area contributed by atoms with E-state index in [4.69, 9.17) is 0 Å². The van der Waals surface area contributed by atoms with Gasteiger partial charge in [-0.15, -0.1) is 0 Å². The first-order chi connectivity index (χ1) is 14.0. The molecule has 152 valence electrons. The molecule has 0 bridgehead atoms. The van der Waals surface area contributed by atoms with Gasteiger partial charge in [0.1, 0.15) is 5.82 Å². The third kappa shape index (κ3) is 4.53. The Bertz CT molecular complexity index is 886. The number of hydrogen-bond acceptors (Lipinski definition) is 2. The van der Waals surface area contributed by atoms with Crippen molar-refractivity contribution in [3.05, 3.63) is 69.9 Å². The highest BCUT2D eigenvalue weighted by Gasteiger charge is 2.44. The van der Waals surface area contributed by atoms with Crippen LogP contribution in [0.5, 0.6) is 0 Å². The minimum Gasteiger partial charge on any atom is -0.355 e. The Morgan fingerprint density at radius 1 is 1.03 bits per heavy atom. The van der Waals surface area contributed by atoms with Crippen LogP contribution < -0.4 is 5.32 Å². The number of benzene rings is 2. The first kappa shape index (κ1) is 20.1. The van der Waals surface area contributed by atoms with Crippen molar-refractivity contribution in [3.63, 3.8) is 0 Å². The molecule has 1 saturated heterocycles. The van der Waals surface area contributed by atoms with Crippen LogP contribution in [-0.4, -0.2) is 36.3 Å². The highest BCUT2D eigenvalue weighted by Crippen LogP contribution is 2.47. The molecule has 0 unspecified atom stereocenters. The van der Waals surface area contributed by atoms with Gasteiger partial charge < -0.3 is 10.2 Å². The van der Waals surface area contributed by atoms with Crippen LogP contribution in [0.15, 0.2) is 53.0 Å². The Morgan fingerprint density at radius 3 is 2.24 bits per heavy atom. The highest BCUT2D eigenvalue weighted by atomic mass is 79.9. The van der Waals surface area contributed by atoms with Gasteiger partial charge in [0.25, 0.3) is 5.91 Å². The molecule has 1 saturated carbocycles. The summed E-state index contributed by atoms with van der Waals surface area (Å²) in [7, 11) is 0. The minimum atomic E-state index is -0.238. The van der Waals surface area contributed by atoms with Crippen molar-refractivity contribution in [1.29, 1.82) is 0 Å². The number of halogens is 2. The Labute approximate surface area is 178 Å². The summed E-state index contributed by atoms with van der Waals surface area (Å²) < 4.78 is 14.1. The van der Waals surface area contributed by atoms with Crippen LogP contribution in [0.3, 0.4) is 0 Å². The molecule has 2 fully saturated rings. The Hall–Kier alpha value is -2.21. The summed E-state index contributed by atoms with van der Waals surface area (Å²) in [4.78, 5) is 27.1. The van der Waals surface area contributed by atoms with Crippen LogP contribution in [0.25, 0.3) is 0 Å². The van der Waals surface area contributed by atoms with Crippen molar-refractivity contribution in [2.45, 2.75) is 31.1 Å². The number of amides is 2. The lowest BCUT2D eigenvalue weighted by atomic mass is 9.93. The number of rotatable bonds is 5. The first-order valence-electron chi connectivity index (χ1n) is 10.1. The summed E-state index contributed by atoms with van der Waals surface area (Å²) in [6, 6.07) is 14.0. The molecule has 0 atom stereocenters. The van der Waals surface area contributed by atoms with E-state index >= 15 is 0 Å². The fourth-order valence-electron chi connectivity index (χ4n) is 4.04. The largest absolute Gasteiger partial charge is 0.355 e. The van der Waals surface area contributed by atoms with Gasteiger partial charge in [0.05, 0.1) is 0 Å². The van der Waals surface area contributed by atoms with Crippen molar-refractivity contribution in [1.82, 2.24) is 10.2 Å². The molecule has 1 aliphatic carbocycles. The highest BCUT2D eigenvalue weighted by molar-refractivity contribution is 9.10. The Morgan fingerprint density at radius 2 is 1.66 bits per heavy atom. The van der Waals surface area contributed by atoms with Crippen molar-refractivity contribution in [2.75, 3.05) is 19.6 Å². The molecule has 0 radical (unpaired) electrons. The summed E-state index contributed by atoms with van der Waals surface area (Å²) in [6.07, 6.45) is 3.38. The zero-order valence-electron chi connectivity index (χ0n) is 16.2. The molecule has 0 aromatic heterocycles. The van der Waals surface area contributed by atoms with Crippen molar-refractivity contribution in [3.8, 4) is 0 Å². The van der Waals surface area contributed by atoms with Crippen LogP contribution in [0, 0.1) is 11.7 Å². The van der Waals surface area contributed by atoms with Gasteiger partial charge in [0.15, 0.2) is 0 Å². The second kappa shape index (κ2) is 8.27. The molecule has 2 aliphatic rings. The molecule has 2 amide bonds. The predicted molar refractivity (Wildman–Crippen MR) is 113 cm³/mol. The number of piperidine rings is 1. The molecule has 29 heavy (non-hydrogen) atoms. The number of nitrogens with one attached hydrogen (secondary N) is 1. The average Bonchev–Trinajstić information content (AvgIpc) is 3.54. The zero-order valence-corrected chi connectivity index (χ0v) is 17.8. The van der Waals surface area contributed by atoms with E-state index < -0.39 is 0 Å². The fraction of sp³-hybridized carbons (Fsp3) is 0.391. The van der Waals surface area contributed by atoms with Gasteiger partial charge in [-0.05, 0) is 67.6 Å². The quantitative estimate of drug-likeness (QED) is 0.726. The zero-order chi connectivity index (χ0) is 20.4. The lowest BCUT2D eigenvalue weighted by Gasteiger charge is -2.31. The topological polar surface area (TPSA) is 49.4 Å². The molecule has 2 aromatic rings. The maximum absolute atomic E-state index is 13.2. The number of carbonyl (C=O) groups excluding carboxylic acids is 2. The van der Waals surface area contributed by atoms with Gasteiger partial charge in [0, 0.05) is 41.0 Å². The SMILES string of the molecule is O=C(NCC1(c2ccc(F)cc2)CC1)C1CCN(C(=O)c2ccc(Br)cc2)CC1. The molecular formula is C23H24BrFN2O2. The van der Waals surface area contributed by atoms with E-state index in [1.807, 2.05) is 41.3 Å². The van der Waals surface area contributed by atoms with Crippen molar-refractivity contribution in [2.24, 2.45) is 5.92 Å². The standard InChI is InChI=1S/C23H24BrFN2O2/c24-19-5-1-17(2-6-19)22(29)27-13-9-16(10-14-27)21(28)26-15-23(11-12-23)18-3-7-20(25)8-4-18/h1-8,16H,9-15H2,(H,26,28). The smallest absolute Gasteiger partial charge is 0.253 e. The van der Waals surface area contributed by atoms with Crippen LogP contribution in [0.2, 0.25) is 0 Å². The number of carbonyl (C=O) groups is 2. The molecule has 1 heterocycles. The number of likely N-dealkylation sites (tertiary alicyclic amines) is 1. The first-order valence-corrected chi connectivity index (χ1v) is 10.8. The Balaban J connectivity index is 1.27. The lowest BCUT2D eigenvalue weighted by molar-refractivity contribution is -0.126. The summed E-state index contributed by atoms with van der Waals surface area (Å²) in [6.45, 7) is 1.78. The van der Waals surface area contributed by atoms with Gasteiger partial charge in [-0.2, -0.15) is 0 Å². The summed E-state index contributed by atoms with van der Waals surface area (Å²) >= 11 is 3.38. The lowest BCUT2D eigenvalue weighted by Crippen LogP contribution is -2.44. The summed E-state index contributed by atoms with van der Waals surface area (Å²) in [5.74, 6) is -0.218. The average molecular weight is 459 g/mol. The molecule has 2 aromatic carbocycles. The minimum absolute atomic E-state index is 0.0181. The van der Waals surface area contributed by atoms with Crippen LogP contribution >= 0.6 is 15.9 Å². The monoisotopic (exact) mass is 458 g/mol. The van der Waals surface area contributed by atoms with Gasteiger partial charge in [0.2, 0.25) is 5.91 Å². The van der Waals surface area contributed by atoms with Gasteiger partial charge in [-0.1, -0.05) is 28.1 Å². The number of hydrogen-bond donors (Lipinski definition) is 1. The molecule has 1 N–H and O–H groups in total. The van der Waals surface area contributed by atoms with Crippen LogP contribution in [0.1, 0.15) is 41.6 Å². The molecular weight excluding hydrogens is 435 g/mol. The normalized spacial score (nSPS) is 18.3. The van der Waals surface area contributed by atoms with E-state index in [2.05, 4.69) is 21.2 Å². The molecule has 4 rings (SSSR count). The van der Waals surface area contributed by atoms with Gasteiger partial charge in [-0.3, -0.25) is 9.59 Å². The van der Waals surface area contributed by atoms with E-state index in [1.54, 1.807) is 0 Å². The summed E-state index contributed by atoms with van der Waals surface area (Å²) in [5, 5.41) is 3.11. The Kier molecular flexibility index (Phi) is 5.72. The van der Waals surface area contributed by atoms with Crippen molar-refractivity contribution < 1.29 is 14.0 Å². The number of nitrogens with zero attached hydrogens (tertiary/aromatic N) is 1. The van der Waals surface area contributed by atoms with Crippen molar-refractivity contribution >= 4 is 27.7 Å². The summed E-state index contributed by atoms with van der Waals surface area (Å²) in [5.41, 5.74) is 1.72. The third-order valence-electron chi connectivity index (χ3n) is 6.16. The maximum Gasteiger partial charge on any atom is 0.253 e. The van der Waals surface area contributed by atoms with Gasteiger partial charge in [-0.25, -0.2) is 4.39 Å². The third-order valence-corrected chi connectivity index (χ3v) is 6.68. The van der Waals surface area contributed by atoms with E-state index in [1.165, 1.54) is 12.1 Å². The van der Waals surface area contributed by atoms with Crippen LogP contribution in [0.4, 0.5) is 4.39 Å². The second-order valence-electron chi connectivity index (χ2n) is 8.08. The van der Waals surface area contributed by atoms with E-state index in [0.717, 1.165) is 22.9 Å². The fourth-order valence-corrected chi connectivity index (χ4v) is 4.31. The molecule has 1 aliphatic heterocycles. The van der Waals surface area contributed by atoms with E-state index in [0.29, 0.717) is 38.0 Å². The molecule has 6 heteroatoms. The second-order valence-corrected chi connectivity index (χ2v) is 8.99.